The molecule has 1 heterocycles. The first-order chi connectivity index (χ1) is 9.34. The van der Waals surface area contributed by atoms with Crippen LogP contribution in [-0.2, 0) is 5.41 Å². The lowest BCUT2D eigenvalue weighted by atomic mass is 9.92. The topological polar surface area (TPSA) is 55.0 Å². The molecule has 0 atom stereocenters. The second kappa shape index (κ2) is 5.40. The van der Waals surface area contributed by atoms with Gasteiger partial charge in [-0.3, -0.25) is 4.79 Å². The standard InChI is InChI=1S/C15H17BrN2O2/c1-15(2,3)12-11(16)14(19)18-13(17-12)9-7-5-6-8-10(9)20-4/h5-8H,1-4H3,(H,17,18,19). The molecular formula is C15H17BrN2O2. The SMILES string of the molecule is COc1ccccc1-c1nc(C(C)(C)C)c(Br)c(=O)[nH]1. The van der Waals surface area contributed by atoms with Crippen LogP contribution in [0.1, 0.15) is 26.5 Å². The number of hydrogen-bond donors (Lipinski definition) is 1. The summed E-state index contributed by atoms with van der Waals surface area (Å²) in [6, 6.07) is 7.48. The number of halogens is 1. The van der Waals surface area contributed by atoms with Crippen molar-refractivity contribution in [3.8, 4) is 17.1 Å². The molecule has 0 fully saturated rings. The summed E-state index contributed by atoms with van der Waals surface area (Å²) in [6.45, 7) is 6.06. The van der Waals surface area contributed by atoms with Crippen molar-refractivity contribution in [2.45, 2.75) is 26.2 Å². The first-order valence-corrected chi connectivity index (χ1v) is 7.07. The van der Waals surface area contributed by atoms with Gasteiger partial charge in [-0.1, -0.05) is 32.9 Å². The van der Waals surface area contributed by atoms with Gasteiger partial charge < -0.3 is 9.72 Å². The monoisotopic (exact) mass is 336 g/mol. The van der Waals surface area contributed by atoms with Crippen molar-refractivity contribution in [1.82, 2.24) is 9.97 Å². The van der Waals surface area contributed by atoms with Gasteiger partial charge in [-0.25, -0.2) is 4.98 Å². The number of aromatic nitrogens is 2. The van der Waals surface area contributed by atoms with Crippen molar-refractivity contribution < 1.29 is 4.74 Å². The van der Waals surface area contributed by atoms with E-state index in [9.17, 15) is 4.79 Å². The van der Waals surface area contributed by atoms with E-state index >= 15 is 0 Å². The smallest absolute Gasteiger partial charge is 0.265 e. The zero-order valence-corrected chi connectivity index (χ0v) is 13.5. The normalized spacial score (nSPS) is 11.4. The summed E-state index contributed by atoms with van der Waals surface area (Å²) < 4.78 is 5.80. The lowest BCUT2D eigenvalue weighted by molar-refractivity contribution is 0.416. The Kier molecular flexibility index (Phi) is 3.99. The molecule has 0 unspecified atom stereocenters. The van der Waals surface area contributed by atoms with Crippen LogP contribution in [0.5, 0.6) is 5.75 Å². The molecule has 0 amide bonds. The van der Waals surface area contributed by atoms with Crippen molar-refractivity contribution in [3.05, 3.63) is 44.8 Å². The molecule has 1 aromatic heterocycles. The van der Waals surface area contributed by atoms with E-state index in [4.69, 9.17) is 4.74 Å². The lowest BCUT2D eigenvalue weighted by Gasteiger charge is -2.20. The molecule has 1 aromatic carbocycles. The third-order valence-corrected chi connectivity index (χ3v) is 3.67. The summed E-state index contributed by atoms with van der Waals surface area (Å²) >= 11 is 3.32. The van der Waals surface area contributed by atoms with Crippen LogP contribution in [0.3, 0.4) is 0 Å². The molecule has 4 nitrogen and oxygen atoms in total. The van der Waals surface area contributed by atoms with Gasteiger partial charge in [0, 0.05) is 5.41 Å². The van der Waals surface area contributed by atoms with Crippen LogP contribution >= 0.6 is 15.9 Å². The number of aromatic amines is 1. The number of methoxy groups -OCH3 is 1. The number of para-hydroxylation sites is 1. The number of benzene rings is 1. The van der Waals surface area contributed by atoms with E-state index in [1.54, 1.807) is 7.11 Å². The molecule has 20 heavy (non-hydrogen) atoms. The molecule has 2 aromatic rings. The Morgan fingerprint density at radius 3 is 2.50 bits per heavy atom. The summed E-state index contributed by atoms with van der Waals surface area (Å²) in [7, 11) is 1.60. The van der Waals surface area contributed by atoms with Crippen molar-refractivity contribution in [2.24, 2.45) is 0 Å². The zero-order chi connectivity index (χ0) is 14.9. The first kappa shape index (κ1) is 14.8. The summed E-state index contributed by atoms with van der Waals surface area (Å²) in [5.74, 6) is 1.19. The van der Waals surface area contributed by atoms with Gasteiger partial charge >= 0.3 is 0 Å². The summed E-state index contributed by atoms with van der Waals surface area (Å²) in [4.78, 5) is 19.5. The zero-order valence-electron chi connectivity index (χ0n) is 12.0. The quantitative estimate of drug-likeness (QED) is 0.912. The van der Waals surface area contributed by atoms with Gasteiger partial charge in [-0.05, 0) is 28.1 Å². The lowest BCUT2D eigenvalue weighted by Crippen LogP contribution is -2.22. The fraction of sp³-hybridized carbons (Fsp3) is 0.333. The Balaban J connectivity index is 2.71. The van der Waals surface area contributed by atoms with Crippen LogP contribution in [-0.4, -0.2) is 17.1 Å². The fourth-order valence-electron chi connectivity index (χ4n) is 1.92. The summed E-state index contributed by atoms with van der Waals surface area (Å²) in [5.41, 5.74) is 1.07. The van der Waals surface area contributed by atoms with Crippen molar-refractivity contribution in [3.63, 3.8) is 0 Å². The number of nitrogens with zero attached hydrogens (tertiary/aromatic N) is 1. The van der Waals surface area contributed by atoms with Crippen LogP contribution in [0, 0.1) is 0 Å². The van der Waals surface area contributed by atoms with Crippen LogP contribution in [0.25, 0.3) is 11.4 Å². The fourth-order valence-corrected chi connectivity index (χ4v) is 2.71. The molecule has 0 spiro atoms. The molecule has 0 aliphatic rings. The second-order valence-corrected chi connectivity index (χ2v) is 6.32. The number of hydrogen-bond acceptors (Lipinski definition) is 3. The maximum atomic E-state index is 12.1. The predicted octanol–water partition coefficient (Wildman–Crippen LogP) is 3.51. The Labute approximate surface area is 126 Å². The van der Waals surface area contributed by atoms with Crippen LogP contribution in [0.2, 0.25) is 0 Å². The minimum atomic E-state index is -0.232. The van der Waals surface area contributed by atoms with Gasteiger partial charge in [0.1, 0.15) is 16.0 Å². The molecule has 0 saturated carbocycles. The number of H-pyrrole nitrogens is 1. The number of nitrogens with one attached hydrogen (secondary N) is 1. The maximum absolute atomic E-state index is 12.1. The average molecular weight is 337 g/mol. The molecule has 5 heteroatoms. The molecule has 0 aliphatic carbocycles. The molecular weight excluding hydrogens is 320 g/mol. The third kappa shape index (κ3) is 2.77. The Hall–Kier alpha value is -1.62. The summed E-state index contributed by atoms with van der Waals surface area (Å²) in [6.07, 6.45) is 0. The molecule has 2 rings (SSSR count). The second-order valence-electron chi connectivity index (χ2n) is 5.53. The molecule has 0 aliphatic heterocycles. The van der Waals surface area contributed by atoms with E-state index in [1.807, 2.05) is 45.0 Å². The first-order valence-electron chi connectivity index (χ1n) is 6.28. The number of rotatable bonds is 2. The van der Waals surface area contributed by atoms with Crippen LogP contribution in [0.4, 0.5) is 0 Å². The Morgan fingerprint density at radius 2 is 1.90 bits per heavy atom. The highest BCUT2D eigenvalue weighted by molar-refractivity contribution is 9.10. The van der Waals surface area contributed by atoms with Gasteiger partial charge in [0.15, 0.2) is 0 Å². The molecule has 106 valence electrons. The number of ether oxygens (including phenoxy) is 1. The van der Waals surface area contributed by atoms with Gasteiger partial charge in [-0.15, -0.1) is 0 Å². The van der Waals surface area contributed by atoms with Crippen LogP contribution < -0.4 is 10.3 Å². The largest absolute Gasteiger partial charge is 0.496 e. The van der Waals surface area contributed by atoms with E-state index < -0.39 is 0 Å². The highest BCUT2D eigenvalue weighted by Crippen LogP contribution is 2.30. The molecule has 0 saturated heterocycles. The van der Waals surface area contributed by atoms with Gasteiger partial charge in [0.25, 0.3) is 5.56 Å². The molecule has 1 N–H and O–H groups in total. The predicted molar refractivity (Wildman–Crippen MR) is 83.2 cm³/mol. The van der Waals surface area contributed by atoms with Crippen molar-refractivity contribution >= 4 is 15.9 Å². The molecule has 0 radical (unpaired) electrons. The average Bonchev–Trinajstić information content (AvgIpc) is 2.40. The van der Waals surface area contributed by atoms with Gasteiger partial charge in [0.2, 0.25) is 0 Å². The van der Waals surface area contributed by atoms with Crippen LogP contribution in [0.15, 0.2) is 33.5 Å². The van der Waals surface area contributed by atoms with Crippen molar-refractivity contribution in [1.29, 1.82) is 0 Å². The minimum Gasteiger partial charge on any atom is -0.496 e. The van der Waals surface area contributed by atoms with Gasteiger partial charge in [0.05, 0.1) is 18.4 Å². The third-order valence-electron chi connectivity index (χ3n) is 2.94. The van der Waals surface area contributed by atoms with E-state index in [2.05, 4.69) is 25.9 Å². The molecule has 0 bridgehead atoms. The van der Waals surface area contributed by atoms with E-state index in [-0.39, 0.29) is 11.0 Å². The minimum absolute atomic E-state index is 0.189. The van der Waals surface area contributed by atoms with E-state index in [1.165, 1.54) is 0 Å². The summed E-state index contributed by atoms with van der Waals surface area (Å²) in [5, 5.41) is 0. The van der Waals surface area contributed by atoms with Crippen molar-refractivity contribution in [2.75, 3.05) is 7.11 Å². The van der Waals surface area contributed by atoms with Gasteiger partial charge in [-0.2, -0.15) is 0 Å². The van der Waals surface area contributed by atoms with E-state index in [0.717, 1.165) is 11.3 Å². The highest BCUT2D eigenvalue weighted by Gasteiger charge is 2.23. The maximum Gasteiger partial charge on any atom is 0.265 e. The Bertz CT molecular complexity index is 687. The Morgan fingerprint density at radius 1 is 1.25 bits per heavy atom. The highest BCUT2D eigenvalue weighted by atomic mass is 79.9. The van der Waals surface area contributed by atoms with E-state index in [0.29, 0.717) is 16.0 Å².